The summed E-state index contributed by atoms with van der Waals surface area (Å²) >= 11 is 0. The molecule has 1 atom stereocenters. The normalized spacial score (nSPS) is 13.2. The molecule has 4 nitrogen and oxygen atoms in total. The van der Waals surface area contributed by atoms with Crippen LogP contribution in [0.4, 0.5) is 13.2 Å². The summed E-state index contributed by atoms with van der Waals surface area (Å²) in [6.07, 6.45) is -5.05. The summed E-state index contributed by atoms with van der Waals surface area (Å²) < 4.78 is 42.8. The van der Waals surface area contributed by atoms with Gasteiger partial charge in [0.1, 0.15) is 5.75 Å². The summed E-state index contributed by atoms with van der Waals surface area (Å²) in [5, 5.41) is 8.59. The van der Waals surface area contributed by atoms with Crippen molar-refractivity contribution in [3.63, 3.8) is 0 Å². The van der Waals surface area contributed by atoms with E-state index in [0.717, 1.165) is 13.2 Å². The van der Waals surface area contributed by atoms with Gasteiger partial charge < -0.3 is 15.6 Å². The first-order chi connectivity index (χ1) is 8.27. The van der Waals surface area contributed by atoms with Gasteiger partial charge in [-0.25, -0.2) is 0 Å². The van der Waals surface area contributed by atoms with E-state index in [1.165, 1.54) is 12.1 Å². The molecular weight excluding hydrogens is 251 g/mol. The van der Waals surface area contributed by atoms with Crippen LogP contribution in [0.25, 0.3) is 0 Å². The van der Waals surface area contributed by atoms with Crippen molar-refractivity contribution in [2.75, 3.05) is 7.11 Å². The van der Waals surface area contributed by atoms with Crippen LogP contribution in [0.2, 0.25) is 0 Å². The SMILES string of the molecule is COc1c(C(N)CC(=O)O)cccc1C(F)(F)F. The second-order valence-electron chi connectivity index (χ2n) is 3.63. The molecule has 1 rings (SSSR count). The van der Waals surface area contributed by atoms with Gasteiger partial charge >= 0.3 is 12.1 Å². The Kier molecular flexibility index (Phi) is 4.18. The summed E-state index contributed by atoms with van der Waals surface area (Å²) in [6, 6.07) is 2.29. The number of aliphatic carboxylic acids is 1. The number of rotatable bonds is 4. The van der Waals surface area contributed by atoms with Gasteiger partial charge in [-0.2, -0.15) is 13.2 Å². The maximum atomic E-state index is 12.7. The van der Waals surface area contributed by atoms with Crippen LogP contribution in [0.15, 0.2) is 18.2 Å². The first kappa shape index (κ1) is 14.3. The van der Waals surface area contributed by atoms with Crippen LogP contribution >= 0.6 is 0 Å². The monoisotopic (exact) mass is 263 g/mol. The molecule has 0 saturated heterocycles. The fraction of sp³-hybridized carbons (Fsp3) is 0.364. The molecule has 0 heterocycles. The third-order valence-corrected chi connectivity index (χ3v) is 2.35. The summed E-state index contributed by atoms with van der Waals surface area (Å²) in [6.45, 7) is 0. The standard InChI is InChI=1S/C11H12F3NO3/c1-18-10-6(8(15)5-9(16)17)3-2-4-7(10)11(12,13)14/h2-4,8H,5,15H2,1H3,(H,16,17). The lowest BCUT2D eigenvalue weighted by Crippen LogP contribution is -2.18. The molecule has 0 saturated carbocycles. The van der Waals surface area contributed by atoms with Crippen LogP contribution in [-0.2, 0) is 11.0 Å². The Hall–Kier alpha value is -1.76. The van der Waals surface area contributed by atoms with E-state index in [9.17, 15) is 18.0 Å². The van der Waals surface area contributed by atoms with E-state index in [1.807, 2.05) is 0 Å². The summed E-state index contributed by atoms with van der Waals surface area (Å²) in [5.74, 6) is -1.62. The lowest BCUT2D eigenvalue weighted by molar-refractivity contribution is -0.138. The fourth-order valence-corrected chi connectivity index (χ4v) is 1.60. The number of para-hydroxylation sites is 1. The largest absolute Gasteiger partial charge is 0.496 e. The Balaban J connectivity index is 3.25. The number of methoxy groups -OCH3 is 1. The summed E-state index contributed by atoms with van der Waals surface area (Å²) in [5.41, 5.74) is 4.61. The van der Waals surface area contributed by atoms with Gasteiger partial charge in [-0.05, 0) is 6.07 Å². The molecule has 0 fully saturated rings. The van der Waals surface area contributed by atoms with Gasteiger partial charge in [0.05, 0.1) is 19.1 Å². The molecule has 0 aromatic heterocycles. The summed E-state index contributed by atoms with van der Waals surface area (Å²) in [4.78, 5) is 10.5. The fourth-order valence-electron chi connectivity index (χ4n) is 1.60. The smallest absolute Gasteiger partial charge is 0.419 e. The molecule has 0 spiro atoms. The molecular formula is C11H12F3NO3. The highest BCUT2D eigenvalue weighted by atomic mass is 19.4. The third-order valence-electron chi connectivity index (χ3n) is 2.35. The quantitative estimate of drug-likeness (QED) is 0.873. The number of alkyl halides is 3. The number of carboxylic acid groups (broad SMARTS) is 1. The number of carbonyl (C=O) groups is 1. The van der Waals surface area contributed by atoms with Gasteiger partial charge in [0.15, 0.2) is 0 Å². The minimum atomic E-state index is -4.58. The molecule has 1 aromatic rings. The Bertz CT molecular complexity index is 446. The van der Waals surface area contributed by atoms with Crippen LogP contribution in [0.3, 0.4) is 0 Å². The van der Waals surface area contributed by atoms with Crippen molar-refractivity contribution >= 4 is 5.97 Å². The van der Waals surface area contributed by atoms with Crippen LogP contribution in [0.5, 0.6) is 5.75 Å². The molecule has 0 aliphatic heterocycles. The lowest BCUT2D eigenvalue weighted by Gasteiger charge is -2.18. The Morgan fingerprint density at radius 2 is 2.11 bits per heavy atom. The number of halogens is 3. The third kappa shape index (κ3) is 3.13. The zero-order valence-corrected chi connectivity index (χ0v) is 9.49. The molecule has 100 valence electrons. The van der Waals surface area contributed by atoms with Gasteiger partial charge in [-0.1, -0.05) is 12.1 Å². The van der Waals surface area contributed by atoms with Gasteiger partial charge in [-0.3, -0.25) is 4.79 Å². The molecule has 1 aromatic carbocycles. The second kappa shape index (κ2) is 5.26. The molecule has 0 aliphatic carbocycles. The maximum absolute atomic E-state index is 12.7. The zero-order chi connectivity index (χ0) is 13.9. The first-order valence-electron chi connectivity index (χ1n) is 4.98. The van der Waals surface area contributed by atoms with Gasteiger partial charge in [-0.15, -0.1) is 0 Å². The highest BCUT2D eigenvalue weighted by Crippen LogP contribution is 2.39. The van der Waals surface area contributed by atoms with Crippen molar-refractivity contribution in [1.29, 1.82) is 0 Å². The predicted octanol–water partition coefficient (Wildman–Crippen LogP) is 2.19. The van der Waals surface area contributed by atoms with E-state index in [4.69, 9.17) is 15.6 Å². The molecule has 0 amide bonds. The Morgan fingerprint density at radius 1 is 1.50 bits per heavy atom. The topological polar surface area (TPSA) is 72.5 Å². The van der Waals surface area contributed by atoms with Gasteiger partial charge in [0.2, 0.25) is 0 Å². The highest BCUT2D eigenvalue weighted by molar-refractivity contribution is 5.68. The van der Waals surface area contributed by atoms with Gasteiger partial charge in [0.25, 0.3) is 0 Å². The second-order valence-corrected chi connectivity index (χ2v) is 3.63. The van der Waals surface area contributed by atoms with Crippen molar-refractivity contribution in [1.82, 2.24) is 0 Å². The van der Waals surface area contributed by atoms with Crippen LogP contribution in [-0.4, -0.2) is 18.2 Å². The van der Waals surface area contributed by atoms with Crippen LogP contribution < -0.4 is 10.5 Å². The number of benzene rings is 1. The first-order valence-corrected chi connectivity index (χ1v) is 4.98. The minimum Gasteiger partial charge on any atom is -0.496 e. The number of hydrogen-bond acceptors (Lipinski definition) is 3. The molecule has 0 bridgehead atoms. The molecule has 7 heteroatoms. The average Bonchev–Trinajstić information content (AvgIpc) is 2.25. The van der Waals surface area contributed by atoms with E-state index in [2.05, 4.69) is 0 Å². The molecule has 1 unspecified atom stereocenters. The van der Waals surface area contributed by atoms with E-state index >= 15 is 0 Å². The highest BCUT2D eigenvalue weighted by Gasteiger charge is 2.35. The van der Waals surface area contributed by atoms with Crippen molar-refractivity contribution in [3.8, 4) is 5.75 Å². The Labute approximate surface area is 101 Å². The predicted molar refractivity (Wildman–Crippen MR) is 57.2 cm³/mol. The maximum Gasteiger partial charge on any atom is 0.419 e. The number of nitrogens with two attached hydrogens (primary N) is 1. The van der Waals surface area contributed by atoms with E-state index in [0.29, 0.717) is 0 Å². The molecule has 0 aliphatic rings. The average molecular weight is 263 g/mol. The molecule has 0 radical (unpaired) electrons. The molecule has 3 N–H and O–H groups in total. The van der Waals surface area contributed by atoms with Crippen LogP contribution in [0, 0.1) is 0 Å². The number of ether oxygens (including phenoxy) is 1. The Morgan fingerprint density at radius 3 is 2.56 bits per heavy atom. The number of carboxylic acids is 1. The van der Waals surface area contributed by atoms with E-state index in [1.54, 1.807) is 0 Å². The van der Waals surface area contributed by atoms with E-state index in [-0.39, 0.29) is 5.56 Å². The van der Waals surface area contributed by atoms with Crippen molar-refractivity contribution in [2.45, 2.75) is 18.6 Å². The number of hydrogen-bond donors (Lipinski definition) is 2. The van der Waals surface area contributed by atoms with Crippen molar-refractivity contribution in [3.05, 3.63) is 29.3 Å². The van der Waals surface area contributed by atoms with E-state index < -0.39 is 35.9 Å². The summed E-state index contributed by atoms with van der Waals surface area (Å²) in [7, 11) is 1.08. The minimum absolute atomic E-state index is 0.0229. The van der Waals surface area contributed by atoms with Crippen molar-refractivity contribution in [2.24, 2.45) is 5.73 Å². The lowest BCUT2D eigenvalue weighted by atomic mass is 10.00. The zero-order valence-electron chi connectivity index (χ0n) is 9.49. The molecule has 18 heavy (non-hydrogen) atoms. The van der Waals surface area contributed by atoms with Crippen molar-refractivity contribution < 1.29 is 27.8 Å². The van der Waals surface area contributed by atoms with Crippen LogP contribution in [0.1, 0.15) is 23.6 Å². The van der Waals surface area contributed by atoms with Gasteiger partial charge in [0, 0.05) is 11.6 Å².